The molecule has 0 amide bonds. The van der Waals surface area contributed by atoms with Gasteiger partial charge in [-0.15, -0.1) is 11.3 Å². The Bertz CT molecular complexity index is 624. The lowest BCUT2D eigenvalue weighted by Gasteiger charge is -2.06. The summed E-state index contributed by atoms with van der Waals surface area (Å²) in [6, 6.07) is 4.67. The number of nitrogens with zero attached hydrogens (tertiary/aromatic N) is 1. The van der Waals surface area contributed by atoms with Crippen LogP contribution in [0.1, 0.15) is 4.88 Å². The highest BCUT2D eigenvalue weighted by molar-refractivity contribution is 9.10. The number of benzene rings is 1. The predicted octanol–water partition coefficient (Wildman–Crippen LogP) is 2.46. The molecule has 4 nitrogen and oxygen atoms in total. The van der Waals surface area contributed by atoms with E-state index in [1.54, 1.807) is 23.8 Å². The minimum Gasteiger partial charge on any atom is -0.399 e. The van der Waals surface area contributed by atoms with Crippen LogP contribution >= 0.6 is 27.3 Å². The third-order valence-electron chi connectivity index (χ3n) is 2.11. The van der Waals surface area contributed by atoms with Crippen LogP contribution in [0.2, 0.25) is 0 Å². The maximum absolute atomic E-state index is 12.1. The number of thiazole rings is 1. The van der Waals surface area contributed by atoms with Crippen molar-refractivity contribution in [3.8, 4) is 0 Å². The van der Waals surface area contributed by atoms with Crippen molar-refractivity contribution < 1.29 is 8.42 Å². The first-order valence-electron chi connectivity index (χ1n) is 4.64. The highest BCUT2D eigenvalue weighted by Crippen LogP contribution is 2.27. The molecule has 1 aromatic heterocycles. The molecule has 17 heavy (non-hydrogen) atoms. The molecule has 2 rings (SSSR count). The minimum absolute atomic E-state index is 0.0415. The molecule has 1 aromatic carbocycles. The normalized spacial score (nSPS) is 11.6. The summed E-state index contributed by atoms with van der Waals surface area (Å²) in [6.45, 7) is 0. The summed E-state index contributed by atoms with van der Waals surface area (Å²) in [4.78, 5) is 4.83. The molecule has 0 aliphatic heterocycles. The Morgan fingerprint density at radius 3 is 2.76 bits per heavy atom. The number of anilines is 1. The number of halogens is 1. The van der Waals surface area contributed by atoms with Crippen LogP contribution < -0.4 is 5.73 Å². The number of hydrogen-bond donors (Lipinski definition) is 1. The molecule has 0 spiro atoms. The van der Waals surface area contributed by atoms with Gasteiger partial charge in [-0.2, -0.15) is 0 Å². The standard InChI is InChI=1S/C10H9BrN2O2S2/c11-9-3-7(12)1-2-10(9)17(14,15)5-8-4-13-6-16-8/h1-4,6H,5,12H2. The summed E-state index contributed by atoms with van der Waals surface area (Å²) >= 11 is 4.54. The van der Waals surface area contributed by atoms with Gasteiger partial charge >= 0.3 is 0 Å². The molecular weight excluding hydrogens is 324 g/mol. The van der Waals surface area contributed by atoms with E-state index in [0.717, 1.165) is 0 Å². The lowest BCUT2D eigenvalue weighted by molar-refractivity contribution is 0.595. The largest absolute Gasteiger partial charge is 0.399 e. The SMILES string of the molecule is Nc1ccc(S(=O)(=O)Cc2cncs2)c(Br)c1. The molecule has 0 radical (unpaired) electrons. The molecule has 0 fully saturated rings. The molecular formula is C10H9BrN2O2S2. The molecule has 7 heteroatoms. The van der Waals surface area contributed by atoms with Crippen LogP contribution in [0.5, 0.6) is 0 Å². The highest BCUT2D eigenvalue weighted by atomic mass is 79.9. The van der Waals surface area contributed by atoms with Crippen molar-refractivity contribution in [1.29, 1.82) is 0 Å². The number of nitrogen functional groups attached to an aromatic ring is 1. The zero-order valence-corrected chi connectivity index (χ0v) is 11.8. The first-order valence-corrected chi connectivity index (χ1v) is 7.97. The average molecular weight is 333 g/mol. The molecule has 0 saturated carbocycles. The monoisotopic (exact) mass is 332 g/mol. The Balaban J connectivity index is 2.38. The summed E-state index contributed by atoms with van der Waals surface area (Å²) in [6.07, 6.45) is 1.56. The maximum Gasteiger partial charge on any atom is 0.184 e. The van der Waals surface area contributed by atoms with E-state index in [-0.39, 0.29) is 10.6 Å². The Morgan fingerprint density at radius 2 is 2.18 bits per heavy atom. The van der Waals surface area contributed by atoms with E-state index in [2.05, 4.69) is 20.9 Å². The first kappa shape index (κ1) is 12.5. The molecule has 0 aliphatic rings. The molecule has 0 atom stereocenters. The third-order valence-corrected chi connectivity index (χ3v) is 5.70. The highest BCUT2D eigenvalue weighted by Gasteiger charge is 2.19. The van der Waals surface area contributed by atoms with Crippen molar-refractivity contribution in [3.63, 3.8) is 0 Å². The summed E-state index contributed by atoms with van der Waals surface area (Å²) in [5, 5.41) is 0. The van der Waals surface area contributed by atoms with Gasteiger partial charge in [-0.25, -0.2) is 8.42 Å². The van der Waals surface area contributed by atoms with Crippen molar-refractivity contribution in [1.82, 2.24) is 4.98 Å². The second-order valence-electron chi connectivity index (χ2n) is 3.42. The van der Waals surface area contributed by atoms with Crippen molar-refractivity contribution in [2.45, 2.75) is 10.6 Å². The fourth-order valence-corrected chi connectivity index (χ4v) is 4.84. The molecule has 2 aromatic rings. The van der Waals surface area contributed by atoms with E-state index < -0.39 is 9.84 Å². The summed E-state index contributed by atoms with van der Waals surface area (Å²) in [5.74, 6) is -0.0415. The second-order valence-corrected chi connectivity index (χ2v) is 7.20. The first-order chi connectivity index (χ1) is 7.99. The number of rotatable bonds is 3. The lowest BCUT2D eigenvalue weighted by Crippen LogP contribution is -2.05. The Hall–Kier alpha value is -0.920. The van der Waals surface area contributed by atoms with Gasteiger partial charge in [-0.05, 0) is 34.1 Å². The molecule has 0 bridgehead atoms. The molecule has 2 N–H and O–H groups in total. The minimum atomic E-state index is -3.36. The molecule has 1 heterocycles. The Kier molecular flexibility index (Phi) is 3.50. The molecule has 0 saturated heterocycles. The van der Waals surface area contributed by atoms with Crippen LogP contribution in [0.15, 0.2) is 39.3 Å². The van der Waals surface area contributed by atoms with Crippen molar-refractivity contribution in [3.05, 3.63) is 39.3 Å². The van der Waals surface area contributed by atoms with Crippen LogP contribution in [-0.2, 0) is 15.6 Å². The topological polar surface area (TPSA) is 73.1 Å². The van der Waals surface area contributed by atoms with E-state index >= 15 is 0 Å². The predicted molar refractivity (Wildman–Crippen MR) is 71.6 cm³/mol. The lowest BCUT2D eigenvalue weighted by atomic mass is 10.3. The molecule has 0 aliphatic carbocycles. The van der Waals surface area contributed by atoms with Gasteiger partial charge in [0.1, 0.15) is 0 Å². The fourth-order valence-electron chi connectivity index (χ4n) is 1.35. The van der Waals surface area contributed by atoms with Crippen LogP contribution in [0, 0.1) is 0 Å². The van der Waals surface area contributed by atoms with E-state index in [4.69, 9.17) is 5.73 Å². The van der Waals surface area contributed by atoms with Gasteiger partial charge in [0.25, 0.3) is 0 Å². The number of nitrogens with two attached hydrogens (primary N) is 1. The van der Waals surface area contributed by atoms with E-state index in [0.29, 0.717) is 15.0 Å². The Morgan fingerprint density at radius 1 is 1.41 bits per heavy atom. The zero-order chi connectivity index (χ0) is 12.5. The van der Waals surface area contributed by atoms with Crippen molar-refractivity contribution >= 4 is 42.8 Å². The van der Waals surface area contributed by atoms with Gasteiger partial charge in [0.05, 0.1) is 16.2 Å². The van der Waals surface area contributed by atoms with Gasteiger partial charge in [0.2, 0.25) is 0 Å². The average Bonchev–Trinajstić information content (AvgIpc) is 2.68. The summed E-state index contributed by atoms with van der Waals surface area (Å²) in [5.41, 5.74) is 7.71. The van der Waals surface area contributed by atoms with Gasteiger partial charge in [0.15, 0.2) is 9.84 Å². The maximum atomic E-state index is 12.1. The molecule has 0 unspecified atom stereocenters. The Labute approximate surface area is 112 Å². The second kappa shape index (κ2) is 4.75. The summed E-state index contributed by atoms with van der Waals surface area (Å²) in [7, 11) is -3.36. The number of aromatic nitrogens is 1. The number of sulfone groups is 1. The smallest absolute Gasteiger partial charge is 0.184 e. The fraction of sp³-hybridized carbons (Fsp3) is 0.100. The molecule has 90 valence electrons. The zero-order valence-electron chi connectivity index (χ0n) is 8.63. The van der Waals surface area contributed by atoms with E-state index in [1.807, 2.05) is 0 Å². The van der Waals surface area contributed by atoms with Gasteiger partial charge in [0, 0.05) is 21.2 Å². The van der Waals surface area contributed by atoms with E-state index in [1.165, 1.54) is 17.4 Å². The van der Waals surface area contributed by atoms with Crippen molar-refractivity contribution in [2.75, 3.05) is 5.73 Å². The van der Waals surface area contributed by atoms with Crippen molar-refractivity contribution in [2.24, 2.45) is 0 Å². The van der Waals surface area contributed by atoms with Crippen LogP contribution in [0.3, 0.4) is 0 Å². The van der Waals surface area contributed by atoms with E-state index in [9.17, 15) is 8.42 Å². The van der Waals surface area contributed by atoms with Crippen LogP contribution in [-0.4, -0.2) is 13.4 Å². The van der Waals surface area contributed by atoms with Gasteiger partial charge in [-0.3, -0.25) is 4.98 Å². The number of hydrogen-bond acceptors (Lipinski definition) is 5. The van der Waals surface area contributed by atoms with Gasteiger partial charge in [-0.1, -0.05) is 0 Å². The van der Waals surface area contributed by atoms with Crippen LogP contribution in [0.25, 0.3) is 0 Å². The quantitative estimate of drug-likeness (QED) is 0.876. The van der Waals surface area contributed by atoms with Gasteiger partial charge < -0.3 is 5.73 Å². The summed E-state index contributed by atoms with van der Waals surface area (Å²) < 4.78 is 24.8. The van der Waals surface area contributed by atoms with Crippen LogP contribution in [0.4, 0.5) is 5.69 Å². The third kappa shape index (κ3) is 2.85.